The monoisotopic (exact) mass is 708 g/mol. The summed E-state index contributed by atoms with van der Waals surface area (Å²) in [4.78, 5) is 5.08. The lowest BCUT2D eigenvalue weighted by atomic mass is 9.26. The number of halogens is 1. The van der Waals surface area contributed by atoms with Crippen LogP contribution in [0.25, 0.3) is 0 Å². The zero-order valence-corrected chi connectivity index (χ0v) is 31.0. The third-order valence-electron chi connectivity index (χ3n) is 17.7. The molecule has 3 heteroatoms. The van der Waals surface area contributed by atoms with Crippen LogP contribution in [0.1, 0.15) is 80.0 Å². The van der Waals surface area contributed by atoms with E-state index < -0.39 is 0 Å². The van der Waals surface area contributed by atoms with Gasteiger partial charge in [-0.3, -0.25) is 0 Å². The molecule has 3 spiro atoms. The van der Waals surface area contributed by atoms with Gasteiger partial charge in [0.2, 0.25) is 0 Å². The summed E-state index contributed by atoms with van der Waals surface area (Å²) in [6, 6.07) is 44.6. The molecule has 2 aliphatic heterocycles. The lowest BCUT2D eigenvalue weighted by Crippen LogP contribution is -2.75. The number of nitrogens with zero attached hydrogens (tertiary/aromatic N) is 2. The fraction of sp³-hybridized carbons (Fsp3) is 0.400. The summed E-state index contributed by atoms with van der Waals surface area (Å²) in [6.07, 6.45) is 12.8. The van der Waals surface area contributed by atoms with Crippen LogP contribution in [0.15, 0.2) is 115 Å². The van der Waals surface area contributed by atoms with Gasteiger partial charge in [0.25, 0.3) is 0 Å². The van der Waals surface area contributed by atoms with Gasteiger partial charge in [0.05, 0.1) is 39.1 Å². The molecule has 0 saturated heterocycles. The van der Waals surface area contributed by atoms with Crippen molar-refractivity contribution in [2.45, 2.75) is 68.6 Å². The average molecular weight is 709 g/mol. The first kappa shape index (κ1) is 29.4. The Balaban J connectivity index is 0.961. The number of benzene rings is 5. The Morgan fingerprint density at radius 2 is 0.811 bits per heavy atom. The molecular formula is C50H45ClN2. The van der Waals surface area contributed by atoms with E-state index in [2.05, 4.69) is 125 Å². The molecule has 6 bridgehead atoms. The molecule has 2 heterocycles. The third-order valence-corrected chi connectivity index (χ3v) is 18.1. The summed E-state index contributed by atoms with van der Waals surface area (Å²) < 4.78 is 0. The van der Waals surface area contributed by atoms with Gasteiger partial charge in [-0.05, 0) is 169 Å². The first-order valence-electron chi connectivity index (χ1n) is 20.9. The van der Waals surface area contributed by atoms with Crippen LogP contribution in [-0.2, 0) is 10.8 Å². The van der Waals surface area contributed by atoms with Crippen LogP contribution in [0.2, 0.25) is 5.02 Å². The summed E-state index contributed by atoms with van der Waals surface area (Å²) in [5.74, 6) is 6.70. The van der Waals surface area contributed by atoms with E-state index in [0.717, 1.165) is 51.9 Å². The predicted molar refractivity (Wildman–Crippen MR) is 214 cm³/mol. The molecule has 10 aliphatic rings. The molecule has 5 aromatic rings. The molecule has 8 fully saturated rings. The molecule has 262 valence electrons. The Morgan fingerprint density at radius 3 is 1.30 bits per heavy atom. The van der Waals surface area contributed by atoms with E-state index in [-0.39, 0.29) is 10.8 Å². The molecule has 2 nitrogen and oxygen atoms in total. The largest absolute Gasteiger partial charge is 0.308 e. The maximum atomic E-state index is 7.95. The standard InChI is InChI=1S/C50H45ClN2/c51-47-43(52-39-14-5-1-10-35(39)49(36-11-2-6-15-40(36)52)33-21-29-20-30(23-33)24-34(49)22-29)18-9-19-44(47)53-41-16-7-3-12-37(41)50(38-13-4-8-17-42(38)53)45-26-31-25-32-27-46(50)48(32,45)28-31/h1-19,29-34,45-46H,20-28H2. The molecule has 5 atom stereocenters. The second kappa shape index (κ2) is 9.61. The molecule has 15 rings (SSSR count). The van der Waals surface area contributed by atoms with Crippen molar-refractivity contribution < 1.29 is 0 Å². The molecule has 5 aromatic carbocycles. The molecule has 0 amide bonds. The van der Waals surface area contributed by atoms with Crippen molar-refractivity contribution in [1.82, 2.24) is 0 Å². The summed E-state index contributed by atoms with van der Waals surface area (Å²) >= 11 is 7.95. The second-order valence-corrected chi connectivity index (χ2v) is 19.5. The Kier molecular flexibility index (Phi) is 5.33. The normalized spacial score (nSPS) is 35.6. The summed E-state index contributed by atoms with van der Waals surface area (Å²) in [6.45, 7) is 0. The average Bonchev–Trinajstić information content (AvgIpc) is 3.72. The van der Waals surface area contributed by atoms with Gasteiger partial charge in [0.1, 0.15) is 0 Å². The second-order valence-electron chi connectivity index (χ2n) is 19.1. The molecule has 53 heavy (non-hydrogen) atoms. The van der Waals surface area contributed by atoms with Crippen molar-refractivity contribution in [3.05, 3.63) is 143 Å². The third kappa shape index (κ3) is 3.10. The van der Waals surface area contributed by atoms with E-state index in [4.69, 9.17) is 11.6 Å². The van der Waals surface area contributed by atoms with Crippen molar-refractivity contribution in [2.75, 3.05) is 9.80 Å². The molecule has 0 aromatic heterocycles. The van der Waals surface area contributed by atoms with Crippen molar-refractivity contribution in [3.8, 4) is 0 Å². The highest BCUT2D eigenvalue weighted by atomic mass is 35.5. The number of rotatable bonds is 2. The minimum atomic E-state index is 0.0839. The smallest absolute Gasteiger partial charge is 0.0887 e. The quantitative estimate of drug-likeness (QED) is 0.180. The van der Waals surface area contributed by atoms with E-state index in [9.17, 15) is 0 Å². The highest BCUT2D eigenvalue weighted by Gasteiger charge is 2.84. The maximum Gasteiger partial charge on any atom is 0.0887 e. The van der Waals surface area contributed by atoms with Crippen LogP contribution < -0.4 is 9.80 Å². The zero-order chi connectivity index (χ0) is 34.4. The van der Waals surface area contributed by atoms with Crippen molar-refractivity contribution in [1.29, 1.82) is 0 Å². The highest BCUT2D eigenvalue weighted by molar-refractivity contribution is 6.37. The fourth-order valence-electron chi connectivity index (χ4n) is 16.8. The predicted octanol–water partition coefficient (Wildman–Crippen LogP) is 13.0. The molecule has 0 N–H and O–H groups in total. The fourth-order valence-corrected chi connectivity index (χ4v) is 17.1. The zero-order valence-electron chi connectivity index (χ0n) is 30.2. The van der Waals surface area contributed by atoms with Gasteiger partial charge >= 0.3 is 0 Å². The number of hydrogen-bond acceptors (Lipinski definition) is 2. The van der Waals surface area contributed by atoms with Gasteiger partial charge in [0, 0.05) is 10.8 Å². The maximum absolute atomic E-state index is 7.95. The van der Waals surface area contributed by atoms with E-state index >= 15 is 0 Å². The summed E-state index contributed by atoms with van der Waals surface area (Å²) in [5.41, 5.74) is 14.4. The van der Waals surface area contributed by atoms with E-state index in [0.29, 0.717) is 17.3 Å². The first-order valence-corrected chi connectivity index (χ1v) is 21.3. The molecule has 8 aliphatic carbocycles. The Bertz CT molecular complexity index is 2300. The van der Waals surface area contributed by atoms with E-state index in [1.807, 2.05) is 0 Å². The summed E-state index contributed by atoms with van der Waals surface area (Å²) in [5, 5.41) is 0.826. The first-order chi connectivity index (χ1) is 26.1. The van der Waals surface area contributed by atoms with Crippen molar-refractivity contribution in [2.24, 2.45) is 52.8 Å². The van der Waals surface area contributed by atoms with Crippen LogP contribution in [0, 0.1) is 52.8 Å². The van der Waals surface area contributed by atoms with Crippen LogP contribution >= 0.6 is 11.6 Å². The van der Waals surface area contributed by atoms with Gasteiger partial charge in [-0.25, -0.2) is 0 Å². The van der Waals surface area contributed by atoms with Crippen molar-refractivity contribution >= 4 is 45.7 Å². The van der Waals surface area contributed by atoms with Crippen LogP contribution in [0.3, 0.4) is 0 Å². The van der Waals surface area contributed by atoms with Gasteiger partial charge < -0.3 is 9.80 Å². The van der Waals surface area contributed by atoms with Crippen LogP contribution in [0.4, 0.5) is 34.1 Å². The molecule has 0 radical (unpaired) electrons. The lowest BCUT2D eigenvalue weighted by molar-refractivity contribution is -0.233. The minimum absolute atomic E-state index is 0.0839. The van der Waals surface area contributed by atoms with Crippen LogP contribution in [0.5, 0.6) is 0 Å². The van der Waals surface area contributed by atoms with Gasteiger partial charge in [0.15, 0.2) is 0 Å². The number of fused-ring (bicyclic) bond motifs is 9. The van der Waals surface area contributed by atoms with E-state index in [1.165, 1.54) is 91.7 Å². The Labute approximate surface area is 318 Å². The topological polar surface area (TPSA) is 6.48 Å². The number of para-hydroxylation sites is 4. The Morgan fingerprint density at radius 1 is 0.396 bits per heavy atom. The number of anilines is 6. The van der Waals surface area contributed by atoms with Gasteiger partial charge in [-0.2, -0.15) is 0 Å². The highest BCUT2D eigenvalue weighted by Crippen LogP contribution is 2.89. The van der Waals surface area contributed by atoms with Gasteiger partial charge in [-0.15, -0.1) is 0 Å². The SMILES string of the molecule is Clc1c(N2c3ccccc3C3(c4ccccc42)C2CC4CC(C2)CC3C4)cccc1N1c2ccccc2C2(c3ccccc31)C1CC3CC4CC2C41C3. The van der Waals surface area contributed by atoms with E-state index in [1.54, 1.807) is 11.1 Å². The summed E-state index contributed by atoms with van der Waals surface area (Å²) in [7, 11) is 0. The Hall–Kier alpha value is -4.01. The number of hydrogen-bond donors (Lipinski definition) is 0. The van der Waals surface area contributed by atoms with Crippen LogP contribution in [-0.4, -0.2) is 0 Å². The molecular weight excluding hydrogens is 664 g/mol. The minimum Gasteiger partial charge on any atom is -0.308 e. The lowest BCUT2D eigenvalue weighted by Gasteiger charge is -2.78. The molecule has 8 saturated carbocycles. The van der Waals surface area contributed by atoms with Gasteiger partial charge in [-0.1, -0.05) is 90.5 Å². The molecule has 5 unspecified atom stereocenters. The van der Waals surface area contributed by atoms with Crippen molar-refractivity contribution in [3.63, 3.8) is 0 Å².